The lowest BCUT2D eigenvalue weighted by atomic mass is 10.0. The van der Waals surface area contributed by atoms with Crippen molar-refractivity contribution in [3.8, 4) is 11.5 Å². The van der Waals surface area contributed by atoms with Crippen molar-refractivity contribution in [3.05, 3.63) is 23.8 Å². The number of aliphatic hydroxyl groups is 5. The van der Waals surface area contributed by atoms with E-state index < -0.39 is 43.6 Å². The molecule has 130 valence electrons. The number of phenols is 1. The number of aromatic hydroxyl groups is 1. The van der Waals surface area contributed by atoms with Crippen LogP contribution >= 0.6 is 0 Å². The molecule has 1 rings (SSSR count). The molecule has 1 aromatic carbocycles. The third-order valence-electron chi connectivity index (χ3n) is 3.13. The van der Waals surface area contributed by atoms with Crippen LogP contribution in [-0.2, 0) is 4.74 Å². The van der Waals surface area contributed by atoms with Crippen molar-refractivity contribution in [2.75, 3.05) is 20.3 Å². The molecule has 0 spiro atoms. The molecule has 9 nitrogen and oxygen atoms in total. The summed E-state index contributed by atoms with van der Waals surface area (Å²) in [5.74, 6) is -0.964. The number of carbonyl (C=O) groups is 1. The lowest BCUT2D eigenvalue weighted by molar-refractivity contribution is -0.124. The highest BCUT2D eigenvalue weighted by atomic mass is 16.5. The molecule has 0 radical (unpaired) electrons. The van der Waals surface area contributed by atoms with Gasteiger partial charge in [-0.2, -0.15) is 0 Å². The molecule has 0 aliphatic heterocycles. The Kier molecular flexibility index (Phi) is 7.20. The molecular formula is C14H20O9. The second-order valence-corrected chi connectivity index (χ2v) is 4.78. The Morgan fingerprint density at radius 1 is 1.13 bits per heavy atom. The Balaban J connectivity index is 2.61. The molecule has 0 fully saturated rings. The Hall–Kier alpha value is -1.91. The number of aliphatic hydroxyl groups excluding tert-OH is 5. The predicted octanol–water partition coefficient (Wildman–Crippen LogP) is -2.01. The van der Waals surface area contributed by atoms with Crippen molar-refractivity contribution in [1.29, 1.82) is 0 Å². The van der Waals surface area contributed by atoms with Gasteiger partial charge in [-0.25, -0.2) is 4.79 Å². The van der Waals surface area contributed by atoms with Crippen LogP contribution in [0.25, 0.3) is 0 Å². The first-order valence-corrected chi connectivity index (χ1v) is 6.69. The van der Waals surface area contributed by atoms with Crippen LogP contribution in [0.4, 0.5) is 0 Å². The summed E-state index contributed by atoms with van der Waals surface area (Å²) in [5, 5.41) is 55.9. The fourth-order valence-corrected chi connectivity index (χ4v) is 1.71. The zero-order valence-electron chi connectivity index (χ0n) is 12.4. The van der Waals surface area contributed by atoms with E-state index in [0.29, 0.717) is 0 Å². The fourth-order valence-electron chi connectivity index (χ4n) is 1.71. The number of esters is 1. The molecule has 0 saturated carbocycles. The maximum atomic E-state index is 11.8. The average Bonchev–Trinajstić information content (AvgIpc) is 2.57. The molecule has 0 aromatic heterocycles. The zero-order chi connectivity index (χ0) is 17.6. The molecule has 4 atom stereocenters. The summed E-state index contributed by atoms with van der Waals surface area (Å²) in [6.45, 7) is -1.46. The minimum absolute atomic E-state index is 0.0391. The minimum Gasteiger partial charge on any atom is -0.504 e. The highest BCUT2D eigenvalue weighted by molar-refractivity contribution is 5.90. The Labute approximate surface area is 132 Å². The SMILES string of the molecule is COc1cc(C(=O)OC[C@@H](O)[C@@H](O)[C@H](O)[C@@H](O)CO)ccc1O. The van der Waals surface area contributed by atoms with Crippen molar-refractivity contribution >= 4 is 5.97 Å². The summed E-state index contributed by atoms with van der Waals surface area (Å²) in [6.07, 6.45) is -6.94. The van der Waals surface area contributed by atoms with E-state index in [1.54, 1.807) is 0 Å². The van der Waals surface area contributed by atoms with Gasteiger partial charge in [0.2, 0.25) is 0 Å². The summed E-state index contributed by atoms with van der Waals surface area (Å²) < 4.78 is 9.61. The van der Waals surface area contributed by atoms with E-state index in [4.69, 9.17) is 19.7 Å². The van der Waals surface area contributed by atoms with Crippen molar-refractivity contribution in [2.45, 2.75) is 24.4 Å². The van der Waals surface area contributed by atoms with E-state index in [1.807, 2.05) is 0 Å². The maximum absolute atomic E-state index is 11.8. The van der Waals surface area contributed by atoms with E-state index in [1.165, 1.54) is 25.3 Å². The van der Waals surface area contributed by atoms with Gasteiger partial charge in [-0.1, -0.05) is 0 Å². The van der Waals surface area contributed by atoms with Crippen molar-refractivity contribution < 1.29 is 44.9 Å². The molecule has 0 amide bonds. The maximum Gasteiger partial charge on any atom is 0.338 e. The zero-order valence-corrected chi connectivity index (χ0v) is 12.4. The molecular weight excluding hydrogens is 312 g/mol. The summed E-state index contributed by atoms with van der Waals surface area (Å²) in [6, 6.07) is 3.72. The Morgan fingerprint density at radius 2 is 1.74 bits per heavy atom. The quantitative estimate of drug-likeness (QED) is 0.296. The third-order valence-corrected chi connectivity index (χ3v) is 3.13. The van der Waals surface area contributed by atoms with E-state index in [9.17, 15) is 25.2 Å². The van der Waals surface area contributed by atoms with Crippen LogP contribution in [0.2, 0.25) is 0 Å². The number of rotatable bonds is 8. The lowest BCUT2D eigenvalue weighted by Crippen LogP contribution is -2.47. The number of benzene rings is 1. The summed E-state index contributed by atoms with van der Waals surface area (Å²) in [4.78, 5) is 11.8. The average molecular weight is 332 g/mol. The van der Waals surface area contributed by atoms with Gasteiger partial charge >= 0.3 is 5.97 Å². The molecule has 1 aromatic rings. The van der Waals surface area contributed by atoms with Gasteiger partial charge in [0.1, 0.15) is 31.0 Å². The molecule has 0 saturated heterocycles. The molecule has 0 bridgehead atoms. The second kappa shape index (κ2) is 8.65. The molecule has 0 aliphatic carbocycles. The van der Waals surface area contributed by atoms with E-state index in [-0.39, 0.29) is 17.1 Å². The van der Waals surface area contributed by atoms with Crippen molar-refractivity contribution in [1.82, 2.24) is 0 Å². The Bertz CT molecular complexity index is 519. The van der Waals surface area contributed by atoms with Gasteiger partial charge in [0, 0.05) is 0 Å². The number of phenolic OH excluding ortho intramolecular Hbond substituents is 1. The fraction of sp³-hybridized carbons (Fsp3) is 0.500. The summed E-state index contributed by atoms with van der Waals surface area (Å²) >= 11 is 0. The standard InChI is InChI=1S/C14H20O9/c1-22-11-4-7(2-3-8(11)16)14(21)23-6-10(18)13(20)12(19)9(17)5-15/h2-4,9-10,12-13,15-20H,5-6H2,1H3/t9-,10+,12+,13+/m0/s1. The van der Waals surface area contributed by atoms with Gasteiger partial charge in [0.25, 0.3) is 0 Å². The van der Waals surface area contributed by atoms with Crippen LogP contribution in [-0.4, -0.2) is 81.3 Å². The summed E-state index contributed by atoms with van der Waals surface area (Å²) in [7, 11) is 1.30. The second-order valence-electron chi connectivity index (χ2n) is 4.78. The van der Waals surface area contributed by atoms with Crippen molar-refractivity contribution in [3.63, 3.8) is 0 Å². The largest absolute Gasteiger partial charge is 0.504 e. The van der Waals surface area contributed by atoms with Crippen LogP contribution in [0.15, 0.2) is 18.2 Å². The van der Waals surface area contributed by atoms with Crippen LogP contribution in [0.5, 0.6) is 11.5 Å². The van der Waals surface area contributed by atoms with Crippen molar-refractivity contribution in [2.24, 2.45) is 0 Å². The van der Waals surface area contributed by atoms with E-state index in [0.717, 1.165) is 0 Å². The number of hydrogen-bond acceptors (Lipinski definition) is 9. The highest BCUT2D eigenvalue weighted by Gasteiger charge is 2.30. The van der Waals surface area contributed by atoms with Crippen LogP contribution in [0.3, 0.4) is 0 Å². The molecule has 0 unspecified atom stereocenters. The predicted molar refractivity (Wildman–Crippen MR) is 76.1 cm³/mol. The monoisotopic (exact) mass is 332 g/mol. The minimum atomic E-state index is -1.82. The van der Waals surface area contributed by atoms with Crippen LogP contribution in [0, 0.1) is 0 Å². The van der Waals surface area contributed by atoms with Gasteiger partial charge in [0.05, 0.1) is 19.3 Å². The highest BCUT2D eigenvalue weighted by Crippen LogP contribution is 2.26. The number of ether oxygens (including phenoxy) is 2. The van der Waals surface area contributed by atoms with E-state index >= 15 is 0 Å². The number of carbonyl (C=O) groups excluding carboxylic acids is 1. The van der Waals surface area contributed by atoms with E-state index in [2.05, 4.69) is 0 Å². The molecule has 0 heterocycles. The normalized spacial score (nSPS) is 16.3. The first-order chi connectivity index (χ1) is 10.8. The molecule has 9 heteroatoms. The van der Waals surface area contributed by atoms with Gasteiger partial charge in [-0.05, 0) is 18.2 Å². The lowest BCUT2D eigenvalue weighted by Gasteiger charge is -2.25. The van der Waals surface area contributed by atoms with Crippen LogP contribution in [0.1, 0.15) is 10.4 Å². The third kappa shape index (κ3) is 5.05. The Morgan fingerprint density at radius 3 is 2.30 bits per heavy atom. The van der Waals surface area contributed by atoms with Gasteiger partial charge in [-0.15, -0.1) is 0 Å². The first kappa shape index (κ1) is 19.1. The smallest absolute Gasteiger partial charge is 0.338 e. The first-order valence-electron chi connectivity index (χ1n) is 6.69. The van der Waals surface area contributed by atoms with Gasteiger partial charge in [0.15, 0.2) is 11.5 Å². The number of methoxy groups -OCH3 is 1. The summed E-state index contributed by atoms with van der Waals surface area (Å²) in [5.41, 5.74) is 0.0391. The van der Waals surface area contributed by atoms with Crippen LogP contribution < -0.4 is 4.74 Å². The number of hydrogen-bond donors (Lipinski definition) is 6. The topological polar surface area (TPSA) is 157 Å². The van der Waals surface area contributed by atoms with Gasteiger partial charge in [-0.3, -0.25) is 0 Å². The molecule has 23 heavy (non-hydrogen) atoms. The molecule has 0 aliphatic rings. The molecule has 6 N–H and O–H groups in total. The van der Waals surface area contributed by atoms with Gasteiger partial charge < -0.3 is 40.1 Å².